The van der Waals surface area contributed by atoms with Gasteiger partial charge in [0.05, 0.1) is 5.69 Å². The predicted molar refractivity (Wildman–Crippen MR) is 257 cm³/mol. The van der Waals surface area contributed by atoms with Crippen molar-refractivity contribution in [1.29, 1.82) is 0 Å². The summed E-state index contributed by atoms with van der Waals surface area (Å²) in [7, 11) is 2.21. The summed E-state index contributed by atoms with van der Waals surface area (Å²) in [6.45, 7) is 2.15. The number of rotatable bonds is 7. The van der Waals surface area contributed by atoms with Crippen LogP contribution in [0.3, 0.4) is 0 Å². The molecule has 10 aromatic carbocycles. The molecule has 0 spiro atoms. The number of hydrogen-bond donors (Lipinski definition) is 0. The van der Waals surface area contributed by atoms with Crippen LogP contribution in [0.2, 0.25) is 0 Å². The van der Waals surface area contributed by atoms with Gasteiger partial charge in [-0.15, -0.1) is 0 Å². The third-order valence-corrected chi connectivity index (χ3v) is 12.2. The Morgan fingerprint density at radius 1 is 0.350 bits per heavy atom. The number of nitrogens with zero attached hydrogens (tertiary/aromatic N) is 2. The second-order valence-corrected chi connectivity index (χ2v) is 15.9. The lowest BCUT2D eigenvalue weighted by Gasteiger charge is -2.26. The van der Waals surface area contributed by atoms with Crippen molar-refractivity contribution in [3.63, 3.8) is 0 Å². The highest BCUT2D eigenvalue weighted by atomic mass is 15.1. The van der Waals surface area contributed by atoms with Crippen LogP contribution in [-0.2, 0) is 7.05 Å². The zero-order chi connectivity index (χ0) is 40.2. The quantitative estimate of drug-likeness (QED) is 0.157. The highest BCUT2D eigenvalue weighted by Crippen LogP contribution is 2.44. The van der Waals surface area contributed by atoms with E-state index < -0.39 is 0 Å². The van der Waals surface area contributed by atoms with Gasteiger partial charge in [-0.25, -0.2) is 0 Å². The Morgan fingerprint density at radius 3 is 1.47 bits per heavy atom. The summed E-state index contributed by atoms with van der Waals surface area (Å²) in [6, 6.07) is 80.0. The van der Waals surface area contributed by atoms with Crippen molar-refractivity contribution in [3.8, 4) is 44.6 Å². The predicted octanol–water partition coefficient (Wildman–Crippen LogP) is 16.1. The van der Waals surface area contributed by atoms with Crippen LogP contribution < -0.4 is 4.90 Å². The number of anilines is 3. The Bertz CT molecular complexity index is 3290. The zero-order valence-corrected chi connectivity index (χ0v) is 33.7. The number of aromatic nitrogens is 1. The van der Waals surface area contributed by atoms with Crippen molar-refractivity contribution < 1.29 is 0 Å². The van der Waals surface area contributed by atoms with Crippen LogP contribution in [0.25, 0.3) is 87.9 Å². The van der Waals surface area contributed by atoms with Gasteiger partial charge in [-0.3, -0.25) is 0 Å². The molecule has 11 rings (SSSR count). The van der Waals surface area contributed by atoms with E-state index in [0.29, 0.717) is 0 Å². The second-order valence-electron chi connectivity index (χ2n) is 15.9. The molecule has 1 heterocycles. The summed E-state index contributed by atoms with van der Waals surface area (Å²) >= 11 is 0. The highest BCUT2D eigenvalue weighted by molar-refractivity contribution is 6.09. The SMILES string of the molecule is Cc1ccc(-c2c(-c3ccccc3)n(C)c3cc(-c4ccc(-c5ccc(N(c6ccc7ccccc7c6)c6ccc7ccccc7c6)cc5)c5ccccc45)ccc23)cc1. The maximum absolute atomic E-state index is 2.38. The smallest absolute Gasteiger partial charge is 0.0568 e. The normalized spacial score (nSPS) is 11.5. The molecule has 0 saturated heterocycles. The minimum atomic E-state index is 1.11. The van der Waals surface area contributed by atoms with Crippen LogP contribution in [0.5, 0.6) is 0 Å². The van der Waals surface area contributed by atoms with E-state index >= 15 is 0 Å². The average Bonchev–Trinajstić information content (AvgIpc) is 3.60. The van der Waals surface area contributed by atoms with Crippen LogP contribution in [0.1, 0.15) is 5.56 Å². The minimum absolute atomic E-state index is 1.11. The number of benzene rings is 10. The van der Waals surface area contributed by atoms with Gasteiger partial charge in [0.1, 0.15) is 0 Å². The van der Waals surface area contributed by atoms with E-state index in [2.05, 4.69) is 242 Å². The fourth-order valence-electron chi connectivity index (χ4n) is 9.22. The largest absolute Gasteiger partial charge is 0.343 e. The van der Waals surface area contributed by atoms with Crippen molar-refractivity contribution in [2.75, 3.05) is 4.90 Å². The van der Waals surface area contributed by atoms with Crippen LogP contribution in [0, 0.1) is 6.92 Å². The summed E-state index contributed by atoms with van der Waals surface area (Å²) < 4.78 is 2.38. The maximum atomic E-state index is 2.38. The third-order valence-electron chi connectivity index (χ3n) is 12.2. The van der Waals surface area contributed by atoms with E-state index in [9.17, 15) is 0 Å². The number of aryl methyl sites for hydroxylation is 2. The highest BCUT2D eigenvalue weighted by Gasteiger charge is 2.20. The van der Waals surface area contributed by atoms with Gasteiger partial charge in [-0.2, -0.15) is 0 Å². The van der Waals surface area contributed by atoms with Gasteiger partial charge in [0, 0.05) is 40.6 Å². The molecule has 60 heavy (non-hydrogen) atoms. The molecule has 0 aliphatic rings. The van der Waals surface area contributed by atoms with Crippen LogP contribution >= 0.6 is 0 Å². The molecule has 0 fully saturated rings. The molecule has 2 nitrogen and oxygen atoms in total. The summed E-state index contributed by atoms with van der Waals surface area (Å²) in [5, 5.41) is 8.64. The molecule has 1 aromatic heterocycles. The Balaban J connectivity index is 1.00. The fraction of sp³-hybridized carbons (Fsp3) is 0.0345. The van der Waals surface area contributed by atoms with Gasteiger partial charge in [-0.1, -0.05) is 181 Å². The Morgan fingerprint density at radius 2 is 0.850 bits per heavy atom. The number of hydrogen-bond acceptors (Lipinski definition) is 1. The van der Waals surface area contributed by atoms with E-state index in [1.165, 1.54) is 93.4 Å². The molecule has 0 atom stereocenters. The summed E-state index contributed by atoms with van der Waals surface area (Å²) in [4.78, 5) is 2.37. The first kappa shape index (κ1) is 35.5. The molecule has 0 N–H and O–H groups in total. The van der Waals surface area contributed by atoms with Gasteiger partial charge in [0.2, 0.25) is 0 Å². The molecular weight excluding hydrogens is 725 g/mol. The zero-order valence-electron chi connectivity index (χ0n) is 33.7. The minimum Gasteiger partial charge on any atom is -0.343 e. The van der Waals surface area contributed by atoms with Crippen molar-refractivity contribution in [2.24, 2.45) is 7.05 Å². The third kappa shape index (κ3) is 6.13. The Kier molecular flexibility index (Phi) is 8.64. The van der Waals surface area contributed by atoms with E-state index in [1.54, 1.807) is 0 Å². The van der Waals surface area contributed by atoms with Crippen molar-refractivity contribution in [2.45, 2.75) is 6.92 Å². The van der Waals surface area contributed by atoms with E-state index in [4.69, 9.17) is 0 Å². The van der Waals surface area contributed by atoms with Gasteiger partial charge in [0.15, 0.2) is 0 Å². The molecule has 2 heteroatoms. The lowest BCUT2D eigenvalue weighted by Crippen LogP contribution is -2.09. The van der Waals surface area contributed by atoms with Crippen molar-refractivity contribution in [3.05, 3.63) is 224 Å². The Hall–Kier alpha value is -7.68. The molecule has 0 radical (unpaired) electrons. The standard InChI is InChI=1S/C58H42N2/c1-39-20-22-43(23-21-39)57-55-33-28-47(38-56(55)59(2)58(57)44-14-4-3-5-15-44)52-35-34-51(53-18-10-11-19-54(52)53)42-26-29-48(30-27-42)60(49-31-24-40-12-6-8-16-45(40)36-49)50-32-25-41-13-7-9-17-46(41)37-50/h3-38H,1-2H3. The summed E-state index contributed by atoms with van der Waals surface area (Å²) in [6.07, 6.45) is 0. The molecule has 284 valence electrons. The molecule has 0 amide bonds. The lowest BCUT2D eigenvalue weighted by molar-refractivity contribution is 0.979. The van der Waals surface area contributed by atoms with E-state index in [0.717, 1.165) is 17.1 Å². The molecule has 0 unspecified atom stereocenters. The summed E-state index contributed by atoms with van der Waals surface area (Å²) in [5.41, 5.74) is 15.6. The molecule has 0 aliphatic carbocycles. The molecule has 0 saturated carbocycles. The van der Waals surface area contributed by atoms with Gasteiger partial charge in [-0.05, 0) is 115 Å². The summed E-state index contributed by atoms with van der Waals surface area (Å²) in [5.74, 6) is 0. The Labute approximate surface area is 350 Å². The van der Waals surface area contributed by atoms with Gasteiger partial charge >= 0.3 is 0 Å². The molecular formula is C58H42N2. The lowest BCUT2D eigenvalue weighted by atomic mass is 9.91. The van der Waals surface area contributed by atoms with Crippen LogP contribution in [0.4, 0.5) is 17.1 Å². The average molecular weight is 767 g/mol. The fourth-order valence-corrected chi connectivity index (χ4v) is 9.22. The topological polar surface area (TPSA) is 8.17 Å². The van der Waals surface area contributed by atoms with E-state index in [-0.39, 0.29) is 0 Å². The molecule has 11 aromatic rings. The number of fused-ring (bicyclic) bond motifs is 4. The maximum Gasteiger partial charge on any atom is 0.0568 e. The first-order valence-corrected chi connectivity index (χ1v) is 20.7. The second kappa shape index (κ2) is 14.6. The van der Waals surface area contributed by atoms with Gasteiger partial charge in [0.25, 0.3) is 0 Å². The monoisotopic (exact) mass is 766 g/mol. The van der Waals surface area contributed by atoms with Crippen LogP contribution in [0.15, 0.2) is 218 Å². The van der Waals surface area contributed by atoms with Crippen molar-refractivity contribution >= 4 is 60.3 Å². The molecule has 0 bridgehead atoms. The van der Waals surface area contributed by atoms with Crippen molar-refractivity contribution in [1.82, 2.24) is 4.57 Å². The van der Waals surface area contributed by atoms with Crippen LogP contribution in [-0.4, -0.2) is 4.57 Å². The first-order valence-electron chi connectivity index (χ1n) is 20.7. The first-order chi connectivity index (χ1) is 29.6. The van der Waals surface area contributed by atoms with Gasteiger partial charge < -0.3 is 9.47 Å². The van der Waals surface area contributed by atoms with E-state index in [1.807, 2.05) is 0 Å². The molecule has 0 aliphatic heterocycles.